The average molecular weight is 277 g/mol. The van der Waals surface area contributed by atoms with Gasteiger partial charge in [-0.05, 0) is 30.7 Å². The minimum Gasteiger partial charge on any atom is -0.313 e. The normalized spacial score (nSPS) is 16.5. The Morgan fingerprint density at radius 3 is 2.79 bits per heavy atom. The second-order valence-electron chi connectivity index (χ2n) is 4.76. The maximum absolute atomic E-state index is 12.4. The van der Waals surface area contributed by atoms with E-state index in [-0.39, 0.29) is 6.04 Å². The summed E-state index contributed by atoms with van der Waals surface area (Å²) in [5, 5.41) is 3.71. The molecule has 2 N–H and O–H groups in total. The molecular weight excluding hydrogens is 262 g/mol. The van der Waals surface area contributed by atoms with Gasteiger partial charge in [-0.1, -0.05) is 6.07 Å². The molecule has 1 aliphatic rings. The maximum atomic E-state index is 12.4. The molecule has 0 atom stereocenters. The summed E-state index contributed by atoms with van der Waals surface area (Å²) in [5.41, 5.74) is 1.71. The lowest BCUT2D eigenvalue weighted by molar-refractivity contribution is 0.410. The molecule has 3 rings (SSSR count). The minimum absolute atomic E-state index is 0.0157. The third-order valence-electron chi connectivity index (χ3n) is 3.32. The van der Waals surface area contributed by atoms with Crippen molar-refractivity contribution in [1.82, 2.24) is 15.0 Å². The Morgan fingerprint density at radius 2 is 2.11 bits per heavy atom. The Balaban J connectivity index is 2.11. The van der Waals surface area contributed by atoms with E-state index in [0.717, 1.165) is 11.1 Å². The van der Waals surface area contributed by atoms with Crippen LogP contribution in [-0.2, 0) is 10.0 Å². The van der Waals surface area contributed by atoms with Crippen LogP contribution in [0.5, 0.6) is 0 Å². The van der Waals surface area contributed by atoms with Crippen molar-refractivity contribution < 1.29 is 8.42 Å². The van der Waals surface area contributed by atoms with E-state index in [9.17, 15) is 8.42 Å². The van der Waals surface area contributed by atoms with Gasteiger partial charge in [0.1, 0.15) is 0 Å². The van der Waals surface area contributed by atoms with Gasteiger partial charge >= 0.3 is 0 Å². The molecule has 1 saturated heterocycles. The van der Waals surface area contributed by atoms with Crippen LogP contribution in [-0.4, -0.2) is 32.5 Å². The third kappa shape index (κ3) is 2.22. The first-order valence-corrected chi connectivity index (χ1v) is 7.63. The van der Waals surface area contributed by atoms with Crippen molar-refractivity contribution in [2.24, 2.45) is 0 Å². The van der Waals surface area contributed by atoms with Crippen LogP contribution in [0.2, 0.25) is 0 Å². The van der Waals surface area contributed by atoms with Gasteiger partial charge in [0, 0.05) is 30.7 Å². The summed E-state index contributed by atoms with van der Waals surface area (Å²) in [6, 6.07) is 6.98. The van der Waals surface area contributed by atoms with Crippen molar-refractivity contribution in [2.45, 2.75) is 17.9 Å². The zero-order valence-electron chi connectivity index (χ0n) is 10.6. The van der Waals surface area contributed by atoms with Crippen LogP contribution in [0.3, 0.4) is 0 Å². The van der Waals surface area contributed by atoms with Crippen LogP contribution in [0.15, 0.2) is 35.4 Å². The highest BCUT2D eigenvalue weighted by Gasteiger charge is 2.25. The standard InChI is InChI=1S/C13H15N3O2S/c1-9-4-5-12(11-3-2-6-15-13(9)11)19(17,18)16-10-7-14-8-10/h2-6,10,14,16H,7-8H2,1H3. The van der Waals surface area contributed by atoms with Gasteiger partial charge in [0.05, 0.1) is 10.4 Å². The molecule has 19 heavy (non-hydrogen) atoms. The van der Waals surface area contributed by atoms with Gasteiger partial charge in [-0.15, -0.1) is 0 Å². The molecule has 0 spiro atoms. The first-order valence-electron chi connectivity index (χ1n) is 6.15. The second kappa shape index (κ2) is 4.56. The summed E-state index contributed by atoms with van der Waals surface area (Å²) in [6.07, 6.45) is 1.68. The van der Waals surface area contributed by atoms with Crippen molar-refractivity contribution in [3.05, 3.63) is 36.0 Å². The molecule has 1 aliphatic heterocycles. The third-order valence-corrected chi connectivity index (χ3v) is 4.90. The molecule has 0 aliphatic carbocycles. The predicted octanol–water partition coefficient (Wildman–Crippen LogP) is 0.793. The van der Waals surface area contributed by atoms with E-state index in [1.165, 1.54) is 0 Å². The topological polar surface area (TPSA) is 71.1 Å². The summed E-state index contributed by atoms with van der Waals surface area (Å²) < 4.78 is 27.5. The number of aromatic nitrogens is 1. The first-order chi connectivity index (χ1) is 9.08. The number of hydrogen-bond acceptors (Lipinski definition) is 4. The SMILES string of the molecule is Cc1ccc(S(=O)(=O)NC2CNC2)c2cccnc12. The van der Waals surface area contributed by atoms with Crippen LogP contribution in [0.25, 0.3) is 10.9 Å². The molecule has 100 valence electrons. The number of benzene rings is 1. The fraction of sp³-hybridized carbons (Fsp3) is 0.308. The van der Waals surface area contributed by atoms with Crippen LogP contribution < -0.4 is 10.0 Å². The van der Waals surface area contributed by atoms with E-state index < -0.39 is 10.0 Å². The maximum Gasteiger partial charge on any atom is 0.241 e. The first kappa shape index (κ1) is 12.5. The molecule has 6 heteroatoms. The Kier molecular flexibility index (Phi) is 3.00. The Bertz CT molecular complexity index is 724. The number of rotatable bonds is 3. The van der Waals surface area contributed by atoms with Crippen molar-refractivity contribution in [1.29, 1.82) is 0 Å². The van der Waals surface area contributed by atoms with Crippen molar-refractivity contribution >= 4 is 20.9 Å². The van der Waals surface area contributed by atoms with Crippen LogP contribution in [0, 0.1) is 6.92 Å². The monoisotopic (exact) mass is 277 g/mol. The number of hydrogen-bond donors (Lipinski definition) is 2. The lowest BCUT2D eigenvalue weighted by Crippen LogP contribution is -2.56. The Labute approximate surface area is 112 Å². The molecule has 0 unspecified atom stereocenters. The minimum atomic E-state index is -3.49. The van der Waals surface area contributed by atoms with Crippen LogP contribution in [0.4, 0.5) is 0 Å². The summed E-state index contributed by atoms with van der Waals surface area (Å²) in [6.45, 7) is 3.29. The van der Waals surface area contributed by atoms with Crippen molar-refractivity contribution in [3.63, 3.8) is 0 Å². The van der Waals surface area contributed by atoms with Gasteiger partial charge in [0.25, 0.3) is 0 Å². The van der Waals surface area contributed by atoms with Crippen molar-refractivity contribution in [2.75, 3.05) is 13.1 Å². The number of nitrogens with one attached hydrogen (secondary N) is 2. The molecule has 0 amide bonds. The lowest BCUT2D eigenvalue weighted by Gasteiger charge is -2.27. The zero-order chi connectivity index (χ0) is 13.5. The van der Waals surface area contributed by atoms with Gasteiger partial charge in [-0.25, -0.2) is 13.1 Å². The predicted molar refractivity (Wildman–Crippen MR) is 73.5 cm³/mol. The molecule has 0 bridgehead atoms. The van der Waals surface area contributed by atoms with E-state index >= 15 is 0 Å². The average Bonchev–Trinajstić information content (AvgIpc) is 2.35. The molecule has 0 saturated carbocycles. The quantitative estimate of drug-likeness (QED) is 0.870. The number of aryl methyl sites for hydroxylation is 1. The molecule has 1 aromatic heterocycles. The second-order valence-corrected chi connectivity index (χ2v) is 6.44. The summed E-state index contributed by atoms with van der Waals surface area (Å²) >= 11 is 0. The highest BCUT2D eigenvalue weighted by atomic mass is 32.2. The van der Waals surface area contributed by atoms with E-state index in [1.54, 1.807) is 30.5 Å². The molecular formula is C13H15N3O2S. The molecule has 2 aromatic rings. The fourth-order valence-electron chi connectivity index (χ4n) is 2.18. The van der Waals surface area contributed by atoms with Gasteiger partial charge < -0.3 is 5.32 Å². The zero-order valence-corrected chi connectivity index (χ0v) is 11.4. The van der Waals surface area contributed by atoms with E-state index in [1.807, 2.05) is 6.92 Å². The number of fused-ring (bicyclic) bond motifs is 1. The number of nitrogens with zero attached hydrogens (tertiary/aromatic N) is 1. The summed E-state index contributed by atoms with van der Waals surface area (Å²) in [7, 11) is -3.49. The molecule has 5 nitrogen and oxygen atoms in total. The van der Waals surface area contributed by atoms with Gasteiger partial charge in [0.2, 0.25) is 10.0 Å². The van der Waals surface area contributed by atoms with Crippen LogP contribution >= 0.6 is 0 Å². The summed E-state index contributed by atoms with van der Waals surface area (Å²) in [5.74, 6) is 0. The lowest BCUT2D eigenvalue weighted by atomic mass is 10.1. The molecule has 0 radical (unpaired) electrons. The van der Waals surface area contributed by atoms with E-state index in [4.69, 9.17) is 0 Å². The largest absolute Gasteiger partial charge is 0.313 e. The van der Waals surface area contributed by atoms with Gasteiger partial charge in [-0.2, -0.15) is 0 Å². The summed E-state index contributed by atoms with van der Waals surface area (Å²) in [4.78, 5) is 4.56. The number of sulfonamides is 1. The van der Waals surface area contributed by atoms with Crippen LogP contribution in [0.1, 0.15) is 5.56 Å². The fourth-order valence-corrected chi connectivity index (χ4v) is 3.61. The highest BCUT2D eigenvalue weighted by molar-refractivity contribution is 7.89. The molecule has 1 fully saturated rings. The number of pyridine rings is 1. The Morgan fingerprint density at radius 1 is 1.32 bits per heavy atom. The van der Waals surface area contributed by atoms with Gasteiger partial charge in [-0.3, -0.25) is 4.98 Å². The highest BCUT2D eigenvalue weighted by Crippen LogP contribution is 2.24. The van der Waals surface area contributed by atoms with Crippen molar-refractivity contribution in [3.8, 4) is 0 Å². The van der Waals surface area contributed by atoms with E-state index in [2.05, 4.69) is 15.0 Å². The molecule has 1 aromatic carbocycles. The van der Waals surface area contributed by atoms with E-state index in [0.29, 0.717) is 23.4 Å². The van der Waals surface area contributed by atoms with Gasteiger partial charge in [0.15, 0.2) is 0 Å². The smallest absolute Gasteiger partial charge is 0.241 e. The molecule has 2 heterocycles. The Hall–Kier alpha value is -1.50.